The van der Waals surface area contributed by atoms with E-state index in [0.717, 1.165) is 37.2 Å². The van der Waals surface area contributed by atoms with Gasteiger partial charge in [-0.05, 0) is 32.1 Å². The van der Waals surface area contributed by atoms with Crippen molar-refractivity contribution >= 4 is 11.8 Å². The first-order valence-electron chi connectivity index (χ1n) is 11.0. The zero-order chi connectivity index (χ0) is 21.0. The van der Waals surface area contributed by atoms with Crippen molar-refractivity contribution in [1.82, 2.24) is 25.1 Å². The van der Waals surface area contributed by atoms with Crippen LogP contribution >= 0.6 is 0 Å². The van der Waals surface area contributed by atoms with Gasteiger partial charge >= 0.3 is 0 Å². The van der Waals surface area contributed by atoms with Gasteiger partial charge in [0.05, 0.1) is 12.0 Å². The molecule has 2 bridgehead atoms. The van der Waals surface area contributed by atoms with Crippen molar-refractivity contribution in [2.45, 2.75) is 76.0 Å². The largest absolute Gasteiger partial charge is 0.351 e. The summed E-state index contributed by atoms with van der Waals surface area (Å²) in [6.07, 6.45) is 4.22. The summed E-state index contributed by atoms with van der Waals surface area (Å²) in [7, 11) is 0. The van der Waals surface area contributed by atoms with Gasteiger partial charge in [-0.2, -0.15) is 0 Å². The normalized spacial score (nSPS) is 33.7. The number of nitrogens with one attached hydrogen (secondary N) is 2. The standard InChI is InChI=1S/C21H29F2N5O2/c1-12-16(25-11-24-12)10-27-8-13-5-14(9-27)19(28-17(13)3-2-4-18(28)29)20(30)26-15-6-21(22,23)7-15/h11,13-15,17,19H,2-10H2,1H3,(H,24,25)(H,26,30)/t13-,14+,17+,19-/m1/s1. The fraction of sp³-hybridized carbons (Fsp3) is 0.762. The van der Waals surface area contributed by atoms with Crippen LogP contribution in [0.4, 0.5) is 8.78 Å². The molecular formula is C21H29F2N5O2. The highest BCUT2D eigenvalue weighted by molar-refractivity contribution is 5.89. The third kappa shape index (κ3) is 3.50. The molecule has 9 heteroatoms. The molecule has 0 spiro atoms. The summed E-state index contributed by atoms with van der Waals surface area (Å²) in [5.74, 6) is -2.54. The summed E-state index contributed by atoms with van der Waals surface area (Å²) in [5, 5.41) is 2.82. The summed E-state index contributed by atoms with van der Waals surface area (Å²) in [5.41, 5.74) is 2.05. The highest BCUT2D eigenvalue weighted by atomic mass is 19.3. The SMILES string of the molecule is Cc1[nH]cnc1CN1C[C@H]2C[C@@H](C1)[C@H](C(=O)NC1CC(F)(F)C1)N1C(=O)CCC[C@@H]21. The van der Waals surface area contributed by atoms with Crippen molar-refractivity contribution < 1.29 is 18.4 Å². The number of carbonyl (C=O) groups is 2. The number of imidazole rings is 1. The van der Waals surface area contributed by atoms with Gasteiger partial charge in [0.1, 0.15) is 6.04 Å². The molecule has 0 radical (unpaired) electrons. The summed E-state index contributed by atoms with van der Waals surface area (Å²) in [6.45, 7) is 4.31. The van der Waals surface area contributed by atoms with Crippen LogP contribution in [0.1, 0.15) is 49.9 Å². The minimum absolute atomic E-state index is 0.0156. The monoisotopic (exact) mass is 421 g/mol. The second-order valence-corrected chi connectivity index (χ2v) is 9.60. The van der Waals surface area contributed by atoms with Crippen molar-refractivity contribution in [3.63, 3.8) is 0 Å². The molecule has 3 aliphatic heterocycles. The third-order valence-corrected chi connectivity index (χ3v) is 7.43. The molecule has 0 unspecified atom stereocenters. The van der Waals surface area contributed by atoms with Gasteiger partial charge in [-0.25, -0.2) is 13.8 Å². The quantitative estimate of drug-likeness (QED) is 0.777. The number of carbonyl (C=O) groups excluding carboxylic acids is 2. The molecule has 4 aliphatic rings. The summed E-state index contributed by atoms with van der Waals surface area (Å²) in [4.78, 5) is 37.7. The Bertz CT molecular complexity index is 835. The van der Waals surface area contributed by atoms with E-state index in [9.17, 15) is 18.4 Å². The molecule has 4 heterocycles. The fourth-order valence-electron chi connectivity index (χ4n) is 6.03. The number of hydrogen-bond acceptors (Lipinski definition) is 4. The van der Waals surface area contributed by atoms with Crippen LogP contribution in [0.25, 0.3) is 0 Å². The molecule has 5 rings (SSSR count). The average Bonchev–Trinajstić information content (AvgIpc) is 3.05. The molecule has 30 heavy (non-hydrogen) atoms. The number of H-pyrrole nitrogens is 1. The molecular weight excluding hydrogens is 392 g/mol. The van der Waals surface area contributed by atoms with Crippen LogP contribution in [0, 0.1) is 18.8 Å². The van der Waals surface area contributed by atoms with Crippen LogP contribution in [-0.4, -0.2) is 68.7 Å². The second kappa shape index (κ2) is 7.28. The fourth-order valence-corrected chi connectivity index (χ4v) is 6.03. The van der Waals surface area contributed by atoms with Gasteiger partial charge in [-0.1, -0.05) is 0 Å². The number of aromatic amines is 1. The van der Waals surface area contributed by atoms with E-state index in [1.807, 2.05) is 11.8 Å². The lowest BCUT2D eigenvalue weighted by molar-refractivity contribution is -0.163. The number of hydrogen-bond donors (Lipinski definition) is 2. The van der Waals surface area contributed by atoms with Crippen LogP contribution in [0.5, 0.6) is 0 Å². The first kappa shape index (κ1) is 19.9. The number of amides is 2. The maximum Gasteiger partial charge on any atom is 0.252 e. The van der Waals surface area contributed by atoms with Gasteiger partial charge in [-0.15, -0.1) is 0 Å². The van der Waals surface area contributed by atoms with Crippen LogP contribution < -0.4 is 5.32 Å². The van der Waals surface area contributed by atoms with Crippen LogP contribution in [0.15, 0.2) is 6.33 Å². The van der Waals surface area contributed by atoms with Crippen molar-refractivity contribution in [3.05, 3.63) is 17.7 Å². The van der Waals surface area contributed by atoms with Gasteiger partial charge < -0.3 is 15.2 Å². The van der Waals surface area contributed by atoms with Crippen LogP contribution in [0.2, 0.25) is 0 Å². The Morgan fingerprint density at radius 3 is 2.80 bits per heavy atom. The lowest BCUT2D eigenvalue weighted by atomic mass is 9.71. The minimum atomic E-state index is -2.68. The minimum Gasteiger partial charge on any atom is -0.351 e. The van der Waals surface area contributed by atoms with E-state index >= 15 is 0 Å². The lowest BCUT2D eigenvalue weighted by Crippen LogP contribution is -2.69. The number of aromatic nitrogens is 2. The first-order valence-corrected chi connectivity index (χ1v) is 11.0. The lowest BCUT2D eigenvalue weighted by Gasteiger charge is -2.56. The molecule has 1 aromatic rings. The van der Waals surface area contributed by atoms with Gasteiger partial charge in [0.2, 0.25) is 11.8 Å². The molecule has 7 nitrogen and oxygen atoms in total. The number of nitrogens with zero attached hydrogens (tertiary/aromatic N) is 3. The number of rotatable bonds is 4. The number of aryl methyl sites for hydroxylation is 1. The maximum atomic E-state index is 13.2. The molecule has 2 N–H and O–H groups in total. The topological polar surface area (TPSA) is 81.3 Å². The number of halogens is 2. The Labute approximate surface area is 174 Å². The first-order chi connectivity index (χ1) is 14.3. The predicted molar refractivity (Wildman–Crippen MR) is 105 cm³/mol. The number of fused-ring (bicyclic) bond motifs is 4. The summed E-state index contributed by atoms with van der Waals surface area (Å²) in [6, 6.07) is -0.990. The Morgan fingerprint density at radius 2 is 2.10 bits per heavy atom. The van der Waals surface area contributed by atoms with Gasteiger partial charge in [0.25, 0.3) is 5.92 Å². The molecule has 1 aliphatic carbocycles. The molecule has 164 valence electrons. The van der Waals surface area contributed by atoms with E-state index in [4.69, 9.17) is 0 Å². The molecule has 0 aromatic carbocycles. The van der Waals surface area contributed by atoms with E-state index in [2.05, 4.69) is 20.2 Å². The molecule has 1 saturated carbocycles. The average molecular weight is 421 g/mol. The van der Waals surface area contributed by atoms with E-state index in [1.165, 1.54) is 0 Å². The Kier molecular flexibility index (Phi) is 4.83. The molecule has 3 saturated heterocycles. The zero-order valence-corrected chi connectivity index (χ0v) is 17.2. The van der Waals surface area contributed by atoms with Crippen LogP contribution in [-0.2, 0) is 16.1 Å². The third-order valence-electron chi connectivity index (χ3n) is 7.43. The van der Waals surface area contributed by atoms with E-state index < -0.39 is 18.0 Å². The van der Waals surface area contributed by atoms with Crippen molar-refractivity contribution in [3.8, 4) is 0 Å². The number of piperidine rings is 3. The van der Waals surface area contributed by atoms with Crippen molar-refractivity contribution in [2.24, 2.45) is 11.8 Å². The zero-order valence-electron chi connectivity index (χ0n) is 17.2. The Hall–Kier alpha value is -2.03. The predicted octanol–water partition coefficient (Wildman–Crippen LogP) is 1.83. The molecule has 2 amide bonds. The number of alkyl halides is 2. The van der Waals surface area contributed by atoms with Gasteiger partial charge in [0.15, 0.2) is 0 Å². The van der Waals surface area contributed by atoms with E-state index in [-0.39, 0.29) is 36.6 Å². The molecule has 4 fully saturated rings. The summed E-state index contributed by atoms with van der Waals surface area (Å²) >= 11 is 0. The Balaban J connectivity index is 1.36. The van der Waals surface area contributed by atoms with Crippen molar-refractivity contribution in [2.75, 3.05) is 13.1 Å². The number of likely N-dealkylation sites (tertiary alicyclic amines) is 1. The van der Waals surface area contributed by atoms with E-state index in [1.54, 1.807) is 6.33 Å². The second-order valence-electron chi connectivity index (χ2n) is 9.60. The van der Waals surface area contributed by atoms with Gasteiger partial charge in [-0.3, -0.25) is 14.5 Å². The van der Waals surface area contributed by atoms with Crippen molar-refractivity contribution in [1.29, 1.82) is 0 Å². The summed E-state index contributed by atoms with van der Waals surface area (Å²) < 4.78 is 26.5. The maximum absolute atomic E-state index is 13.2. The molecule has 1 aromatic heterocycles. The van der Waals surface area contributed by atoms with Gasteiger partial charge in [0, 0.05) is 62.6 Å². The Morgan fingerprint density at radius 1 is 1.33 bits per heavy atom. The van der Waals surface area contributed by atoms with E-state index in [0.29, 0.717) is 25.4 Å². The van der Waals surface area contributed by atoms with Crippen LogP contribution in [0.3, 0.4) is 0 Å². The smallest absolute Gasteiger partial charge is 0.252 e. The highest BCUT2D eigenvalue weighted by Gasteiger charge is 2.53. The highest BCUT2D eigenvalue weighted by Crippen LogP contribution is 2.43. The molecule has 4 atom stereocenters.